The zero-order valence-electron chi connectivity index (χ0n) is 13.4. The number of anilines is 2. The van der Waals surface area contributed by atoms with Crippen LogP contribution in [-0.4, -0.2) is 36.8 Å². The first kappa shape index (κ1) is 18.1. The van der Waals surface area contributed by atoms with Crippen molar-refractivity contribution in [1.29, 1.82) is 5.26 Å². The second-order valence-corrected chi connectivity index (χ2v) is 5.06. The maximum atomic E-state index is 11.2. The number of hydrogen-bond acceptors (Lipinski definition) is 9. The topological polar surface area (TPSA) is 146 Å². The number of hydrogen-bond donors (Lipinski definition) is 2. The van der Waals surface area contributed by atoms with Crippen LogP contribution >= 0.6 is 11.6 Å². The van der Waals surface area contributed by atoms with Gasteiger partial charge in [0.05, 0.1) is 24.9 Å². The standard InChI is InChI=1S/C15H14ClN5O4/c1-23-10-4-7(3-9(16)13(10)25-6-11(22)24-2)12-8(5-17)14(18)21-15(19)20-12/h3-4H,6H2,1-2H3,(H4,18,19,20,21). The summed E-state index contributed by atoms with van der Waals surface area (Å²) in [5.41, 5.74) is 12.0. The van der Waals surface area contributed by atoms with Crippen LogP contribution in [0.3, 0.4) is 0 Å². The molecule has 0 aliphatic heterocycles. The van der Waals surface area contributed by atoms with Crippen molar-refractivity contribution in [2.24, 2.45) is 0 Å². The van der Waals surface area contributed by atoms with E-state index in [0.29, 0.717) is 5.56 Å². The minimum Gasteiger partial charge on any atom is -0.493 e. The van der Waals surface area contributed by atoms with Gasteiger partial charge in [-0.2, -0.15) is 10.2 Å². The van der Waals surface area contributed by atoms with E-state index in [4.69, 9.17) is 32.5 Å². The van der Waals surface area contributed by atoms with Crippen molar-refractivity contribution in [2.45, 2.75) is 0 Å². The van der Waals surface area contributed by atoms with Gasteiger partial charge in [-0.05, 0) is 12.1 Å². The zero-order valence-corrected chi connectivity index (χ0v) is 14.1. The van der Waals surface area contributed by atoms with Crippen LogP contribution in [0.25, 0.3) is 11.3 Å². The maximum Gasteiger partial charge on any atom is 0.343 e. The third kappa shape index (κ3) is 3.81. The highest BCUT2D eigenvalue weighted by Gasteiger charge is 2.19. The second kappa shape index (κ2) is 7.55. The smallest absolute Gasteiger partial charge is 0.343 e. The van der Waals surface area contributed by atoms with Gasteiger partial charge in [0.2, 0.25) is 5.95 Å². The van der Waals surface area contributed by atoms with E-state index in [-0.39, 0.29) is 46.2 Å². The Labute approximate surface area is 148 Å². The van der Waals surface area contributed by atoms with Gasteiger partial charge >= 0.3 is 5.97 Å². The van der Waals surface area contributed by atoms with Crippen molar-refractivity contribution in [3.05, 3.63) is 22.7 Å². The first-order chi connectivity index (χ1) is 11.9. The van der Waals surface area contributed by atoms with Crippen molar-refractivity contribution in [1.82, 2.24) is 9.97 Å². The predicted molar refractivity (Wildman–Crippen MR) is 90.1 cm³/mol. The Hall–Kier alpha value is -3.25. The van der Waals surface area contributed by atoms with E-state index < -0.39 is 5.97 Å². The average molecular weight is 364 g/mol. The molecule has 0 aliphatic carbocycles. The number of methoxy groups -OCH3 is 2. The Morgan fingerprint density at radius 1 is 1.32 bits per heavy atom. The molecule has 130 valence electrons. The zero-order chi connectivity index (χ0) is 18.6. The summed E-state index contributed by atoms with van der Waals surface area (Å²) >= 11 is 6.22. The maximum absolute atomic E-state index is 11.2. The van der Waals surface area contributed by atoms with Crippen molar-refractivity contribution in [3.63, 3.8) is 0 Å². The van der Waals surface area contributed by atoms with Gasteiger partial charge in [-0.1, -0.05) is 11.6 Å². The van der Waals surface area contributed by atoms with Gasteiger partial charge in [0.15, 0.2) is 18.1 Å². The Kier molecular flexibility index (Phi) is 5.46. The van der Waals surface area contributed by atoms with Crippen LogP contribution in [0, 0.1) is 11.3 Å². The van der Waals surface area contributed by atoms with Crippen LogP contribution in [-0.2, 0) is 9.53 Å². The van der Waals surface area contributed by atoms with Crippen molar-refractivity contribution in [3.8, 4) is 28.8 Å². The number of nitrogens with two attached hydrogens (primary N) is 2. The molecule has 0 saturated carbocycles. The lowest BCUT2D eigenvalue weighted by Crippen LogP contribution is -2.13. The molecule has 10 heteroatoms. The highest BCUT2D eigenvalue weighted by atomic mass is 35.5. The number of benzene rings is 1. The van der Waals surface area contributed by atoms with Crippen molar-refractivity contribution in [2.75, 3.05) is 32.3 Å². The molecule has 0 atom stereocenters. The number of esters is 1. The molecule has 0 saturated heterocycles. The van der Waals surface area contributed by atoms with Crippen molar-refractivity contribution >= 4 is 29.3 Å². The van der Waals surface area contributed by atoms with E-state index in [1.807, 2.05) is 6.07 Å². The summed E-state index contributed by atoms with van der Waals surface area (Å²) < 4.78 is 15.1. The molecule has 0 radical (unpaired) electrons. The molecule has 0 bridgehead atoms. The van der Waals surface area contributed by atoms with E-state index >= 15 is 0 Å². The molecule has 0 unspecified atom stereocenters. The third-order valence-electron chi connectivity index (χ3n) is 3.13. The lowest BCUT2D eigenvalue weighted by molar-refractivity contribution is -0.142. The van der Waals surface area contributed by atoms with Crippen LogP contribution in [0.2, 0.25) is 5.02 Å². The highest BCUT2D eigenvalue weighted by Crippen LogP contribution is 2.40. The number of nitrogens with zero attached hydrogens (tertiary/aromatic N) is 3. The summed E-state index contributed by atoms with van der Waals surface area (Å²) in [5.74, 6) is -0.345. The molecule has 25 heavy (non-hydrogen) atoms. The third-order valence-corrected chi connectivity index (χ3v) is 3.41. The second-order valence-electron chi connectivity index (χ2n) is 4.66. The molecular formula is C15H14ClN5O4. The number of nitrogen functional groups attached to an aromatic ring is 2. The average Bonchev–Trinajstić information content (AvgIpc) is 2.59. The Balaban J connectivity index is 2.54. The van der Waals surface area contributed by atoms with Crippen LogP contribution in [0.15, 0.2) is 12.1 Å². The van der Waals surface area contributed by atoms with Gasteiger partial charge in [-0.25, -0.2) is 9.78 Å². The fourth-order valence-corrected chi connectivity index (χ4v) is 2.27. The van der Waals surface area contributed by atoms with E-state index in [1.54, 1.807) is 0 Å². The lowest BCUT2D eigenvalue weighted by atomic mass is 10.1. The Morgan fingerprint density at radius 3 is 2.64 bits per heavy atom. The molecule has 1 heterocycles. The van der Waals surface area contributed by atoms with Crippen LogP contribution in [0.1, 0.15) is 5.56 Å². The van der Waals surface area contributed by atoms with Crippen LogP contribution in [0.4, 0.5) is 11.8 Å². The molecule has 0 spiro atoms. The van der Waals surface area contributed by atoms with Gasteiger partial charge in [-0.3, -0.25) is 0 Å². The number of carbonyl (C=O) groups is 1. The number of rotatable bonds is 5. The van der Waals surface area contributed by atoms with Gasteiger partial charge < -0.3 is 25.7 Å². The first-order valence-corrected chi connectivity index (χ1v) is 7.19. The van der Waals surface area contributed by atoms with Crippen LogP contribution < -0.4 is 20.9 Å². The molecule has 0 amide bonds. The monoisotopic (exact) mass is 363 g/mol. The normalized spacial score (nSPS) is 10.0. The summed E-state index contributed by atoms with van der Waals surface area (Å²) in [6, 6.07) is 4.94. The molecule has 1 aromatic heterocycles. The number of nitriles is 1. The molecule has 0 aliphatic rings. The Bertz CT molecular complexity index is 866. The summed E-state index contributed by atoms with van der Waals surface area (Å²) in [7, 11) is 2.63. The van der Waals surface area contributed by atoms with E-state index in [1.165, 1.54) is 26.4 Å². The molecule has 1 aromatic carbocycles. The number of halogens is 1. The molecule has 2 aromatic rings. The van der Waals surface area contributed by atoms with Crippen molar-refractivity contribution < 1.29 is 19.0 Å². The van der Waals surface area contributed by atoms with E-state index in [9.17, 15) is 10.1 Å². The van der Waals surface area contributed by atoms with Gasteiger partial charge in [0.1, 0.15) is 17.5 Å². The highest BCUT2D eigenvalue weighted by molar-refractivity contribution is 6.32. The van der Waals surface area contributed by atoms with E-state index in [2.05, 4.69) is 14.7 Å². The molecule has 4 N–H and O–H groups in total. The molecule has 2 rings (SSSR count). The number of ether oxygens (including phenoxy) is 3. The van der Waals surface area contributed by atoms with Crippen LogP contribution in [0.5, 0.6) is 11.5 Å². The van der Waals surface area contributed by atoms with Gasteiger partial charge in [0, 0.05) is 5.56 Å². The predicted octanol–water partition coefficient (Wildman–Crippen LogP) is 1.39. The minimum atomic E-state index is -0.578. The SMILES string of the molecule is COC(=O)COc1c(Cl)cc(-c2nc(N)nc(N)c2C#N)cc1OC. The van der Waals surface area contributed by atoms with Gasteiger partial charge in [0.25, 0.3) is 0 Å². The summed E-state index contributed by atoms with van der Waals surface area (Å²) in [5, 5.41) is 9.42. The minimum absolute atomic E-state index is 0.0499. The molecular weight excluding hydrogens is 350 g/mol. The first-order valence-electron chi connectivity index (χ1n) is 6.81. The lowest BCUT2D eigenvalue weighted by Gasteiger charge is -2.14. The fraction of sp³-hybridized carbons (Fsp3) is 0.200. The van der Waals surface area contributed by atoms with E-state index in [0.717, 1.165) is 0 Å². The number of aromatic nitrogens is 2. The summed E-state index contributed by atoms with van der Waals surface area (Å²) in [6.45, 7) is -0.344. The molecule has 0 fully saturated rings. The summed E-state index contributed by atoms with van der Waals surface area (Å²) in [4.78, 5) is 19.0. The fourth-order valence-electron chi connectivity index (χ4n) is 2.00. The van der Waals surface area contributed by atoms with Gasteiger partial charge in [-0.15, -0.1) is 0 Å². The molecule has 9 nitrogen and oxygen atoms in total. The number of carbonyl (C=O) groups excluding carboxylic acids is 1. The Morgan fingerprint density at radius 2 is 2.04 bits per heavy atom. The quantitative estimate of drug-likeness (QED) is 0.752. The summed E-state index contributed by atoms with van der Waals surface area (Å²) in [6.07, 6.45) is 0. The largest absolute Gasteiger partial charge is 0.493 e.